The Morgan fingerprint density at radius 1 is 1.36 bits per heavy atom. The lowest BCUT2D eigenvalue weighted by atomic mass is 9.63. The number of halogens is 1. The predicted octanol–water partition coefficient (Wildman–Crippen LogP) is 1.75. The summed E-state index contributed by atoms with van der Waals surface area (Å²) >= 11 is 0. The monoisotopic (exact) mass is 196 g/mol. The van der Waals surface area contributed by atoms with E-state index in [1.165, 1.54) is 0 Å². The van der Waals surface area contributed by atoms with Gasteiger partial charge in [-0.3, -0.25) is 0 Å². The van der Waals surface area contributed by atoms with Crippen molar-refractivity contribution < 1.29 is 14.6 Å². The number of aromatic hydroxyl groups is 1. The summed E-state index contributed by atoms with van der Waals surface area (Å²) in [7, 11) is 0. The summed E-state index contributed by atoms with van der Waals surface area (Å²) < 4.78 is 12.8. The van der Waals surface area contributed by atoms with Crippen molar-refractivity contribution in [1.29, 1.82) is 0 Å². The van der Waals surface area contributed by atoms with E-state index in [0.717, 1.165) is 0 Å². The van der Waals surface area contributed by atoms with Crippen molar-refractivity contribution in [1.82, 2.24) is 0 Å². The van der Waals surface area contributed by atoms with Gasteiger partial charge < -0.3 is 10.2 Å². The fourth-order valence-electron chi connectivity index (χ4n) is 2.14. The Kier molecular flexibility index (Phi) is 2.19. The lowest BCUT2D eigenvalue weighted by Gasteiger charge is -2.43. The highest BCUT2D eigenvalue weighted by Crippen LogP contribution is 2.47. The van der Waals surface area contributed by atoms with Crippen LogP contribution < -0.4 is 0 Å². The first-order valence-corrected chi connectivity index (χ1v) is 4.71. The average molecular weight is 196 g/mol. The number of benzene rings is 1. The highest BCUT2D eigenvalue weighted by atomic mass is 19.1. The van der Waals surface area contributed by atoms with Crippen molar-refractivity contribution in [3.63, 3.8) is 0 Å². The molecule has 0 radical (unpaired) electrons. The van der Waals surface area contributed by atoms with Crippen molar-refractivity contribution in [2.75, 3.05) is 6.61 Å². The molecule has 0 atom stereocenters. The normalized spacial score (nSPS) is 31.1. The molecule has 1 aliphatic rings. The third-order valence-electron chi connectivity index (χ3n) is 3.00. The zero-order chi connectivity index (χ0) is 10.2. The number of phenols is 1. The number of hydrogen-bond donors (Lipinski definition) is 2. The van der Waals surface area contributed by atoms with Crippen LogP contribution in [-0.2, 0) is 5.41 Å². The molecule has 1 fully saturated rings. The number of aliphatic hydroxyl groups excluding tert-OH is 1. The maximum Gasteiger partial charge on any atom is 0.119 e. The summed E-state index contributed by atoms with van der Waals surface area (Å²) in [5.74, 6) is 0.147. The Bertz CT molecular complexity index is 332. The Morgan fingerprint density at radius 2 is 2.00 bits per heavy atom. The number of para-hydroxylation sites is 1. The van der Waals surface area contributed by atoms with Gasteiger partial charge in [-0.15, -0.1) is 0 Å². The second-order valence-corrected chi connectivity index (χ2v) is 3.96. The Morgan fingerprint density at radius 3 is 2.50 bits per heavy atom. The molecule has 1 aromatic rings. The molecule has 1 aliphatic carbocycles. The first-order chi connectivity index (χ1) is 6.68. The molecule has 2 rings (SSSR count). The van der Waals surface area contributed by atoms with Gasteiger partial charge in [0.15, 0.2) is 0 Å². The fourth-order valence-corrected chi connectivity index (χ4v) is 2.14. The Labute approximate surface area is 82.0 Å². The number of phenolic OH excluding ortho intramolecular Hbond substituents is 1. The molecule has 2 nitrogen and oxygen atoms in total. The van der Waals surface area contributed by atoms with Gasteiger partial charge in [-0.2, -0.15) is 0 Å². The van der Waals surface area contributed by atoms with E-state index < -0.39 is 11.6 Å². The number of rotatable bonds is 2. The van der Waals surface area contributed by atoms with Gasteiger partial charge in [-0.25, -0.2) is 4.39 Å². The van der Waals surface area contributed by atoms with Crippen LogP contribution in [0.1, 0.15) is 18.4 Å². The van der Waals surface area contributed by atoms with Crippen LogP contribution in [0.5, 0.6) is 5.75 Å². The minimum Gasteiger partial charge on any atom is -0.508 e. The fraction of sp³-hybridized carbons (Fsp3) is 0.455. The summed E-state index contributed by atoms with van der Waals surface area (Å²) in [4.78, 5) is 0. The molecule has 3 heteroatoms. The summed E-state index contributed by atoms with van der Waals surface area (Å²) in [6.45, 7) is -0.106. The number of alkyl halides is 1. The van der Waals surface area contributed by atoms with Gasteiger partial charge in [-0.05, 0) is 18.9 Å². The van der Waals surface area contributed by atoms with E-state index in [0.29, 0.717) is 18.4 Å². The smallest absolute Gasteiger partial charge is 0.119 e. The molecular formula is C11H13FO2. The summed E-state index contributed by atoms with van der Waals surface area (Å²) in [6.07, 6.45) is -0.232. The molecule has 0 heterocycles. The molecular weight excluding hydrogens is 183 g/mol. The van der Waals surface area contributed by atoms with Gasteiger partial charge in [-0.1, -0.05) is 18.2 Å². The molecule has 0 amide bonds. The second-order valence-electron chi connectivity index (χ2n) is 3.96. The third-order valence-corrected chi connectivity index (χ3v) is 3.00. The standard InChI is InChI=1S/C11H13FO2/c12-8-5-11(6-8,7-13)9-3-1-2-4-10(9)14/h1-4,8,13-14H,5-7H2. The van der Waals surface area contributed by atoms with Crippen molar-refractivity contribution >= 4 is 0 Å². The molecule has 0 unspecified atom stereocenters. The Hall–Kier alpha value is -1.09. The van der Waals surface area contributed by atoms with E-state index in [2.05, 4.69) is 0 Å². The van der Waals surface area contributed by atoms with Crippen LogP contribution in [0.15, 0.2) is 24.3 Å². The summed E-state index contributed by atoms with van der Waals surface area (Å²) in [5.41, 5.74) is 0.113. The van der Waals surface area contributed by atoms with E-state index in [1.807, 2.05) is 0 Å². The van der Waals surface area contributed by atoms with E-state index in [-0.39, 0.29) is 12.4 Å². The van der Waals surface area contributed by atoms with E-state index in [1.54, 1.807) is 24.3 Å². The highest BCUT2D eigenvalue weighted by molar-refractivity contribution is 5.40. The van der Waals surface area contributed by atoms with Gasteiger partial charge in [0, 0.05) is 11.0 Å². The molecule has 1 saturated carbocycles. The number of aliphatic hydroxyl groups is 1. The van der Waals surface area contributed by atoms with E-state index in [9.17, 15) is 14.6 Å². The van der Waals surface area contributed by atoms with Gasteiger partial charge in [0.2, 0.25) is 0 Å². The lowest BCUT2D eigenvalue weighted by molar-refractivity contribution is 0.0394. The van der Waals surface area contributed by atoms with Crippen LogP contribution in [0.2, 0.25) is 0 Å². The SMILES string of the molecule is OCC1(c2ccccc2O)CC(F)C1. The zero-order valence-corrected chi connectivity index (χ0v) is 7.78. The molecule has 14 heavy (non-hydrogen) atoms. The maximum atomic E-state index is 12.8. The predicted molar refractivity (Wildman–Crippen MR) is 51.0 cm³/mol. The van der Waals surface area contributed by atoms with Crippen molar-refractivity contribution in [2.45, 2.75) is 24.4 Å². The zero-order valence-electron chi connectivity index (χ0n) is 7.78. The van der Waals surface area contributed by atoms with Crippen LogP contribution in [0.4, 0.5) is 4.39 Å². The first kappa shape index (κ1) is 9.46. The topological polar surface area (TPSA) is 40.5 Å². The van der Waals surface area contributed by atoms with Crippen LogP contribution in [0.25, 0.3) is 0 Å². The second kappa shape index (κ2) is 3.24. The van der Waals surface area contributed by atoms with E-state index in [4.69, 9.17) is 0 Å². The maximum absolute atomic E-state index is 12.8. The van der Waals surface area contributed by atoms with Gasteiger partial charge >= 0.3 is 0 Å². The molecule has 0 bridgehead atoms. The molecule has 2 N–H and O–H groups in total. The summed E-state index contributed by atoms with van der Waals surface area (Å²) in [6, 6.07) is 6.82. The third kappa shape index (κ3) is 1.28. The van der Waals surface area contributed by atoms with Crippen molar-refractivity contribution in [3.8, 4) is 5.75 Å². The quantitative estimate of drug-likeness (QED) is 0.756. The first-order valence-electron chi connectivity index (χ1n) is 4.71. The number of hydrogen-bond acceptors (Lipinski definition) is 2. The van der Waals surface area contributed by atoms with E-state index >= 15 is 0 Å². The minimum atomic E-state index is -0.846. The molecule has 0 spiro atoms. The minimum absolute atomic E-state index is 0.106. The molecule has 0 saturated heterocycles. The highest BCUT2D eigenvalue weighted by Gasteiger charge is 2.46. The summed E-state index contributed by atoms with van der Waals surface area (Å²) in [5, 5.41) is 18.8. The molecule has 0 aliphatic heterocycles. The van der Waals surface area contributed by atoms with Gasteiger partial charge in [0.25, 0.3) is 0 Å². The van der Waals surface area contributed by atoms with Crippen molar-refractivity contribution in [2.24, 2.45) is 0 Å². The molecule has 1 aromatic carbocycles. The van der Waals surface area contributed by atoms with Crippen LogP contribution >= 0.6 is 0 Å². The average Bonchev–Trinajstić information content (AvgIpc) is 2.14. The Balaban J connectivity index is 2.34. The molecule has 0 aromatic heterocycles. The van der Waals surface area contributed by atoms with Crippen LogP contribution in [0, 0.1) is 0 Å². The van der Waals surface area contributed by atoms with Crippen LogP contribution in [0.3, 0.4) is 0 Å². The molecule has 76 valence electrons. The largest absolute Gasteiger partial charge is 0.508 e. The van der Waals surface area contributed by atoms with Gasteiger partial charge in [0.1, 0.15) is 11.9 Å². The lowest BCUT2D eigenvalue weighted by Crippen LogP contribution is -2.45. The van der Waals surface area contributed by atoms with Gasteiger partial charge in [0.05, 0.1) is 6.61 Å². The van der Waals surface area contributed by atoms with Crippen molar-refractivity contribution in [3.05, 3.63) is 29.8 Å². The van der Waals surface area contributed by atoms with Crippen LogP contribution in [-0.4, -0.2) is 23.0 Å².